The standard InChI is InChI=1S/C60H74N6O8/c1-7-74-58(72)64-52(38(4)5)56(70)65-35-59(25-9-8-10-26-59)33-49(65)53(67)61-45-15-11-13-43(31-45)47-29-39-17-21-41(47)22-18-40-20-24-42(23-19-39)48(30-40)44-14-12-16-46(32-44)62-54(68)50-34-60(27-28-60)36-66(50)55(69)51(37(2)3)63-57(71)73-6/h11-17,20-21,24,29-32,37-38,49-52H,7-10,18-19,22-23,25-28,33-36H2,1-6H3,(H,61,67)(H,62,68)(H,63,71)(H,64,72)/t49-,50-,51-,52-/m0/s1. The van der Waals surface area contributed by atoms with Crippen molar-refractivity contribution in [3.05, 3.63) is 107 Å². The molecule has 2 aliphatic heterocycles. The zero-order valence-corrected chi connectivity index (χ0v) is 44.0. The number of benzene rings is 4. The van der Waals surface area contributed by atoms with Gasteiger partial charge in [0, 0.05) is 24.5 Å². The third-order valence-corrected chi connectivity index (χ3v) is 16.5. The lowest BCUT2D eigenvalue weighted by molar-refractivity contribution is -0.139. The molecule has 0 aromatic heterocycles. The number of hydrogen-bond donors (Lipinski definition) is 4. The summed E-state index contributed by atoms with van der Waals surface area (Å²) in [5.74, 6) is -1.37. The number of nitrogens with zero attached hydrogens (tertiary/aromatic N) is 2. The second kappa shape index (κ2) is 22.0. The van der Waals surface area contributed by atoms with E-state index in [4.69, 9.17) is 9.47 Å². The lowest BCUT2D eigenvalue weighted by atomic mass is 9.72. The van der Waals surface area contributed by atoms with Gasteiger partial charge in [0.15, 0.2) is 0 Å². The van der Waals surface area contributed by atoms with E-state index in [0.29, 0.717) is 37.3 Å². The number of carbonyl (C=O) groups excluding carboxylic acids is 6. The number of nitrogens with one attached hydrogen (secondary N) is 4. The summed E-state index contributed by atoms with van der Waals surface area (Å²) in [6.45, 7) is 10.4. The highest BCUT2D eigenvalue weighted by Crippen LogP contribution is 2.55. The Bertz CT molecular complexity index is 2780. The number of anilines is 2. The molecule has 0 unspecified atom stereocenters. The smallest absolute Gasteiger partial charge is 0.407 e. The molecule has 12 rings (SSSR count). The lowest BCUT2D eigenvalue weighted by Gasteiger charge is -2.34. The summed E-state index contributed by atoms with van der Waals surface area (Å²) in [6, 6.07) is 26.5. The first-order chi connectivity index (χ1) is 35.6. The van der Waals surface area contributed by atoms with Crippen LogP contribution in [0.1, 0.15) is 115 Å². The highest BCUT2D eigenvalue weighted by molar-refractivity contribution is 6.00. The average molecular weight is 1010 g/mol. The fraction of sp³-hybridized carbons (Fsp3) is 0.500. The van der Waals surface area contributed by atoms with Crippen molar-refractivity contribution in [3.63, 3.8) is 0 Å². The summed E-state index contributed by atoms with van der Waals surface area (Å²) >= 11 is 0. The largest absolute Gasteiger partial charge is 0.453 e. The molecular weight excluding hydrogens is 933 g/mol. The van der Waals surface area contributed by atoms with Crippen molar-refractivity contribution in [1.29, 1.82) is 0 Å². The van der Waals surface area contributed by atoms with Crippen LogP contribution in [0, 0.1) is 22.7 Å². The topological polar surface area (TPSA) is 175 Å². The van der Waals surface area contributed by atoms with E-state index in [1.54, 1.807) is 16.7 Å². The van der Waals surface area contributed by atoms with Crippen molar-refractivity contribution in [1.82, 2.24) is 20.4 Å². The zero-order chi connectivity index (χ0) is 52.3. The van der Waals surface area contributed by atoms with Crippen LogP contribution in [0.5, 0.6) is 0 Å². The van der Waals surface area contributed by atoms with Crippen LogP contribution >= 0.6 is 0 Å². The maximum atomic E-state index is 14.5. The number of methoxy groups -OCH3 is 1. The number of rotatable bonds is 13. The van der Waals surface area contributed by atoms with Gasteiger partial charge in [0.2, 0.25) is 23.6 Å². The third kappa shape index (κ3) is 11.5. The van der Waals surface area contributed by atoms with E-state index in [2.05, 4.69) is 69.8 Å². The van der Waals surface area contributed by atoms with Gasteiger partial charge < -0.3 is 40.5 Å². The first-order valence-electron chi connectivity index (χ1n) is 27.0. The molecule has 4 aromatic carbocycles. The van der Waals surface area contributed by atoms with Gasteiger partial charge in [-0.3, -0.25) is 19.2 Å². The summed E-state index contributed by atoms with van der Waals surface area (Å²) in [6.07, 6.45) is 10.2. The van der Waals surface area contributed by atoms with Crippen molar-refractivity contribution in [2.45, 2.75) is 142 Å². The summed E-state index contributed by atoms with van der Waals surface area (Å²) in [4.78, 5) is 85.2. The molecule has 0 radical (unpaired) electrons. The minimum Gasteiger partial charge on any atom is -0.453 e. The van der Waals surface area contributed by atoms with Crippen LogP contribution in [0.4, 0.5) is 21.0 Å². The minimum atomic E-state index is -0.819. The van der Waals surface area contributed by atoms with Crippen molar-refractivity contribution < 1.29 is 38.2 Å². The molecule has 6 aliphatic carbocycles. The fourth-order valence-corrected chi connectivity index (χ4v) is 12.2. The number of hydrogen-bond acceptors (Lipinski definition) is 8. The highest BCUT2D eigenvalue weighted by Gasteiger charge is 2.56. The van der Waals surface area contributed by atoms with Crippen LogP contribution in [-0.4, -0.2) is 96.6 Å². The van der Waals surface area contributed by atoms with Gasteiger partial charge in [-0.25, -0.2) is 9.59 Å². The monoisotopic (exact) mass is 1010 g/mol. The van der Waals surface area contributed by atoms with E-state index < -0.39 is 36.4 Å². The van der Waals surface area contributed by atoms with Crippen LogP contribution < -0.4 is 21.3 Å². The van der Waals surface area contributed by atoms with Gasteiger partial charge in [-0.15, -0.1) is 0 Å². The van der Waals surface area contributed by atoms with Crippen molar-refractivity contribution in [2.24, 2.45) is 22.7 Å². The van der Waals surface area contributed by atoms with Gasteiger partial charge >= 0.3 is 12.2 Å². The molecule has 4 bridgehead atoms. The first kappa shape index (κ1) is 52.2. The molecule has 14 nitrogen and oxygen atoms in total. The van der Waals surface area contributed by atoms with Crippen LogP contribution in [0.15, 0.2) is 84.9 Å². The number of amides is 6. The number of ether oxygens (including phenoxy) is 2. The minimum absolute atomic E-state index is 0.0571. The number of carbonyl (C=O) groups is 6. The predicted molar refractivity (Wildman–Crippen MR) is 286 cm³/mol. The molecule has 2 saturated carbocycles. The predicted octanol–water partition coefficient (Wildman–Crippen LogP) is 9.87. The van der Waals surface area contributed by atoms with Crippen LogP contribution in [-0.2, 0) is 54.3 Å². The Balaban J connectivity index is 0.906. The van der Waals surface area contributed by atoms with E-state index in [1.807, 2.05) is 64.1 Å². The normalized spacial score (nSPS) is 20.2. The molecule has 4 N–H and O–H groups in total. The van der Waals surface area contributed by atoms with Crippen LogP contribution in [0.2, 0.25) is 0 Å². The molecule has 4 aromatic rings. The van der Waals surface area contributed by atoms with Gasteiger partial charge in [0.1, 0.15) is 24.2 Å². The molecule has 2 heterocycles. The van der Waals surface area contributed by atoms with Crippen LogP contribution in [0.3, 0.4) is 0 Å². The van der Waals surface area contributed by atoms with Gasteiger partial charge in [-0.2, -0.15) is 0 Å². The molecular formula is C60H74N6O8. The molecule has 74 heavy (non-hydrogen) atoms. The molecule has 8 aliphatic rings. The van der Waals surface area contributed by atoms with Gasteiger partial charge in [-0.05, 0) is 163 Å². The molecule has 14 heteroatoms. The molecule has 2 saturated heterocycles. The first-order valence-corrected chi connectivity index (χ1v) is 27.0. The maximum Gasteiger partial charge on any atom is 0.407 e. The Morgan fingerprint density at radius 3 is 1.47 bits per heavy atom. The summed E-state index contributed by atoms with van der Waals surface area (Å²) in [5.41, 5.74) is 10.1. The van der Waals surface area contributed by atoms with E-state index in [-0.39, 0.29) is 52.9 Å². The van der Waals surface area contributed by atoms with E-state index in [0.717, 1.165) is 92.9 Å². The number of aryl methyl sites for hydroxylation is 4. The Kier molecular flexibility index (Phi) is 15.5. The fourth-order valence-electron chi connectivity index (χ4n) is 12.2. The van der Waals surface area contributed by atoms with Gasteiger partial charge in [-0.1, -0.05) is 108 Å². The summed E-state index contributed by atoms with van der Waals surface area (Å²) < 4.78 is 9.98. The molecule has 392 valence electrons. The van der Waals surface area contributed by atoms with Crippen LogP contribution in [0.25, 0.3) is 22.3 Å². The average Bonchev–Trinajstić information content (AvgIpc) is 3.89. The Morgan fingerprint density at radius 2 is 1.04 bits per heavy atom. The van der Waals surface area contributed by atoms with Crippen molar-refractivity contribution in [3.8, 4) is 22.3 Å². The Labute approximate surface area is 436 Å². The SMILES string of the molecule is CCOC(=O)N[C@H](C(=O)N1CC2(CCCCC2)C[C@H]1C(=O)Nc1cccc(-c2cc3ccc2CCc2ccc(c(-c4cccc(NC(=O)[C@@H]5CC6(CC6)CN5C(=O)[C@@H](NC(=O)OC)C(C)C)c4)c2)CC3)c1)C(C)C. The summed E-state index contributed by atoms with van der Waals surface area (Å²) in [7, 11) is 1.27. The Morgan fingerprint density at radius 1 is 0.581 bits per heavy atom. The van der Waals surface area contributed by atoms with Gasteiger partial charge in [0.25, 0.3) is 0 Å². The third-order valence-electron chi connectivity index (χ3n) is 16.5. The zero-order valence-electron chi connectivity index (χ0n) is 44.0. The van der Waals surface area contributed by atoms with Crippen molar-refractivity contribution >= 4 is 47.2 Å². The van der Waals surface area contributed by atoms with Crippen molar-refractivity contribution in [2.75, 3.05) is 37.4 Å². The van der Waals surface area contributed by atoms with E-state index in [9.17, 15) is 28.8 Å². The van der Waals surface area contributed by atoms with E-state index >= 15 is 0 Å². The second-order valence-corrected chi connectivity index (χ2v) is 22.5. The molecule has 4 atom stereocenters. The highest BCUT2D eigenvalue weighted by atomic mass is 16.5. The van der Waals surface area contributed by atoms with Gasteiger partial charge in [0.05, 0.1) is 13.7 Å². The number of likely N-dealkylation sites (tertiary alicyclic amines) is 2. The second-order valence-electron chi connectivity index (χ2n) is 22.5. The molecule has 6 amide bonds. The Hall–Kier alpha value is -6.70. The quantitative estimate of drug-likeness (QED) is 0.102. The molecule has 2 spiro atoms. The lowest BCUT2D eigenvalue weighted by Crippen LogP contribution is -2.54. The number of alkyl carbamates (subject to hydrolysis) is 2. The van der Waals surface area contributed by atoms with E-state index in [1.165, 1.54) is 29.4 Å². The maximum absolute atomic E-state index is 14.5. The summed E-state index contributed by atoms with van der Waals surface area (Å²) in [5, 5.41) is 11.9. The molecule has 4 fully saturated rings.